The van der Waals surface area contributed by atoms with Crippen LogP contribution in [0.5, 0.6) is 23.0 Å². The molecule has 0 heterocycles. The van der Waals surface area contributed by atoms with Crippen LogP contribution in [0.1, 0.15) is 0 Å². The molecule has 0 bridgehead atoms. The van der Waals surface area contributed by atoms with Gasteiger partial charge in [-0.15, -0.1) is 0 Å². The van der Waals surface area contributed by atoms with Crippen molar-refractivity contribution in [3.63, 3.8) is 0 Å². The van der Waals surface area contributed by atoms with Crippen LogP contribution in [-0.2, 0) is 0 Å². The van der Waals surface area contributed by atoms with E-state index in [4.69, 9.17) is 4.74 Å². The molecule has 2 rings (SSSR count). The summed E-state index contributed by atoms with van der Waals surface area (Å²) in [6.45, 7) is 0. The van der Waals surface area contributed by atoms with Gasteiger partial charge in [0.15, 0.2) is 0 Å². The minimum atomic E-state index is -0.235. The molecule has 0 spiro atoms. The molecular weight excluding hydrogens is 206 g/mol. The Morgan fingerprint density at radius 2 is 1.00 bits per heavy atom. The number of rotatable bonds is 2. The maximum atomic E-state index is 11.3. The van der Waals surface area contributed by atoms with E-state index < -0.39 is 0 Å². The van der Waals surface area contributed by atoms with Crippen molar-refractivity contribution in [2.24, 2.45) is 0 Å². The fourth-order valence-electron chi connectivity index (χ4n) is 1.19. The van der Waals surface area contributed by atoms with Crippen molar-refractivity contribution in [2.45, 2.75) is 0 Å². The molecular formula is C12H8Li2O3. The quantitative estimate of drug-likeness (QED) is 0.474. The summed E-state index contributed by atoms with van der Waals surface area (Å²) in [6.07, 6.45) is 0. The minimum absolute atomic E-state index is 0. The predicted octanol–water partition coefficient (Wildman–Crippen LogP) is -4.37. The maximum Gasteiger partial charge on any atom is 1.00 e. The number of hydrogen-bond donors (Lipinski definition) is 0. The van der Waals surface area contributed by atoms with Gasteiger partial charge in [0.2, 0.25) is 0 Å². The number of benzene rings is 2. The van der Waals surface area contributed by atoms with Crippen molar-refractivity contribution in [3.8, 4) is 23.0 Å². The Hall–Kier alpha value is -0.965. The maximum absolute atomic E-state index is 11.3. The summed E-state index contributed by atoms with van der Waals surface area (Å²) in [4.78, 5) is 0. The van der Waals surface area contributed by atoms with Gasteiger partial charge in [-0.2, -0.15) is 0 Å². The van der Waals surface area contributed by atoms with Gasteiger partial charge >= 0.3 is 37.7 Å². The van der Waals surface area contributed by atoms with Crippen LogP contribution in [0.4, 0.5) is 0 Å². The summed E-state index contributed by atoms with van der Waals surface area (Å²) in [7, 11) is 0. The van der Waals surface area contributed by atoms with Gasteiger partial charge in [0, 0.05) is 0 Å². The molecule has 0 radical (unpaired) electrons. The zero-order valence-electron chi connectivity index (χ0n) is 9.84. The van der Waals surface area contributed by atoms with E-state index in [0.29, 0.717) is 0 Å². The van der Waals surface area contributed by atoms with Crippen molar-refractivity contribution in [2.75, 3.05) is 0 Å². The molecule has 76 valence electrons. The van der Waals surface area contributed by atoms with E-state index in [1.807, 2.05) is 0 Å². The zero-order chi connectivity index (χ0) is 10.7. The van der Waals surface area contributed by atoms with Crippen LogP contribution in [0.2, 0.25) is 0 Å². The van der Waals surface area contributed by atoms with Gasteiger partial charge in [0.05, 0.1) is 0 Å². The number of hydrogen-bond acceptors (Lipinski definition) is 3. The Morgan fingerprint density at radius 1 is 0.647 bits per heavy atom. The SMILES string of the molecule is [Li+].[Li+].[O-]c1ccccc1Oc1ccccc1[O-]. The second kappa shape index (κ2) is 7.38. The number of para-hydroxylation sites is 4. The Labute approximate surface area is 124 Å². The van der Waals surface area contributed by atoms with Crippen LogP contribution in [-0.4, -0.2) is 0 Å². The van der Waals surface area contributed by atoms with Crippen molar-refractivity contribution < 1.29 is 52.7 Å². The molecule has 0 atom stereocenters. The molecule has 0 fully saturated rings. The van der Waals surface area contributed by atoms with E-state index in [1.165, 1.54) is 24.3 Å². The van der Waals surface area contributed by atoms with Crippen LogP contribution in [0, 0.1) is 0 Å². The first-order chi connectivity index (χ1) is 7.27. The molecule has 5 heteroatoms. The largest absolute Gasteiger partial charge is 1.00 e. The number of ether oxygens (including phenoxy) is 1. The first kappa shape index (κ1) is 16.0. The van der Waals surface area contributed by atoms with Crippen LogP contribution in [0.25, 0.3) is 0 Å². The van der Waals surface area contributed by atoms with Gasteiger partial charge in [-0.25, -0.2) is 0 Å². The first-order valence-electron chi connectivity index (χ1n) is 4.47. The average Bonchev–Trinajstić information content (AvgIpc) is 2.24. The van der Waals surface area contributed by atoms with Crippen LogP contribution in [0.15, 0.2) is 48.5 Å². The second-order valence-electron chi connectivity index (χ2n) is 3.00. The normalized spacial score (nSPS) is 8.71. The molecule has 0 saturated heterocycles. The first-order valence-corrected chi connectivity index (χ1v) is 4.47. The van der Waals surface area contributed by atoms with E-state index in [1.54, 1.807) is 24.3 Å². The van der Waals surface area contributed by atoms with Crippen LogP contribution in [0.3, 0.4) is 0 Å². The van der Waals surface area contributed by atoms with Gasteiger partial charge in [0.1, 0.15) is 11.5 Å². The average molecular weight is 214 g/mol. The molecule has 2 aromatic carbocycles. The summed E-state index contributed by atoms with van der Waals surface area (Å²) in [5.41, 5.74) is 0. The molecule has 0 saturated carbocycles. The summed E-state index contributed by atoms with van der Waals surface area (Å²) in [5, 5.41) is 22.6. The molecule has 0 aliphatic heterocycles. The van der Waals surface area contributed by atoms with E-state index in [9.17, 15) is 10.2 Å². The molecule has 0 aliphatic rings. The van der Waals surface area contributed by atoms with Crippen molar-refractivity contribution in [1.29, 1.82) is 0 Å². The molecule has 3 nitrogen and oxygen atoms in total. The summed E-state index contributed by atoms with van der Waals surface area (Å²) >= 11 is 0. The van der Waals surface area contributed by atoms with Crippen molar-refractivity contribution in [3.05, 3.63) is 48.5 Å². The molecule has 17 heavy (non-hydrogen) atoms. The third kappa shape index (κ3) is 4.08. The van der Waals surface area contributed by atoms with Gasteiger partial charge < -0.3 is 14.9 Å². The molecule has 0 aliphatic carbocycles. The zero-order valence-corrected chi connectivity index (χ0v) is 9.84. The Kier molecular flexibility index (Phi) is 6.96. The van der Waals surface area contributed by atoms with Crippen molar-refractivity contribution in [1.82, 2.24) is 0 Å². The van der Waals surface area contributed by atoms with Gasteiger partial charge in [0.25, 0.3) is 0 Å². The summed E-state index contributed by atoms with van der Waals surface area (Å²) < 4.78 is 5.21. The van der Waals surface area contributed by atoms with Crippen LogP contribution >= 0.6 is 0 Å². The second-order valence-corrected chi connectivity index (χ2v) is 3.00. The van der Waals surface area contributed by atoms with Crippen LogP contribution < -0.4 is 52.7 Å². The molecule has 0 N–H and O–H groups in total. The van der Waals surface area contributed by atoms with Gasteiger partial charge in [-0.3, -0.25) is 0 Å². The molecule has 0 aromatic heterocycles. The Bertz CT molecular complexity index is 431. The van der Waals surface area contributed by atoms with Gasteiger partial charge in [-0.1, -0.05) is 47.9 Å². The minimum Gasteiger partial charge on any atom is -0.870 e. The van der Waals surface area contributed by atoms with Crippen molar-refractivity contribution >= 4 is 0 Å². The fraction of sp³-hybridized carbons (Fsp3) is 0. The van der Waals surface area contributed by atoms with E-state index >= 15 is 0 Å². The molecule has 0 amide bonds. The molecule has 2 aromatic rings. The Morgan fingerprint density at radius 3 is 1.35 bits per heavy atom. The standard InChI is InChI=1S/C12H10O3.2Li/c13-9-5-1-3-7-11(9)15-12-8-4-2-6-10(12)14;;/h1-8,13-14H;;/q;2*+1/p-2. The summed E-state index contributed by atoms with van der Waals surface area (Å²) in [6, 6.07) is 12.5. The smallest absolute Gasteiger partial charge is 0.870 e. The Balaban J connectivity index is 0.00000128. The van der Waals surface area contributed by atoms with E-state index in [-0.39, 0.29) is 60.7 Å². The monoisotopic (exact) mass is 214 g/mol. The van der Waals surface area contributed by atoms with Gasteiger partial charge in [-0.05, 0) is 12.1 Å². The topological polar surface area (TPSA) is 55.3 Å². The van der Waals surface area contributed by atoms with E-state index in [0.717, 1.165) is 0 Å². The summed E-state index contributed by atoms with van der Waals surface area (Å²) in [5.74, 6) is -0.136. The predicted molar refractivity (Wildman–Crippen MR) is 51.9 cm³/mol. The van der Waals surface area contributed by atoms with E-state index in [2.05, 4.69) is 0 Å². The third-order valence-corrected chi connectivity index (χ3v) is 1.92. The third-order valence-electron chi connectivity index (χ3n) is 1.92. The fourth-order valence-corrected chi connectivity index (χ4v) is 1.19. The molecule has 0 unspecified atom stereocenters.